The predicted molar refractivity (Wildman–Crippen MR) is 162 cm³/mol. The molecule has 0 aliphatic rings. The number of hydrogen-bond acceptors (Lipinski definition) is 5. The van der Waals surface area contributed by atoms with Gasteiger partial charge in [0.15, 0.2) is 5.65 Å². The Kier molecular flexibility index (Phi) is 7.23. The lowest BCUT2D eigenvalue weighted by Crippen LogP contribution is -2.25. The van der Waals surface area contributed by atoms with Crippen molar-refractivity contribution in [1.82, 2.24) is 19.5 Å². The van der Waals surface area contributed by atoms with E-state index in [9.17, 15) is 9.59 Å². The largest absolute Gasteiger partial charge is 0.322 e. The summed E-state index contributed by atoms with van der Waals surface area (Å²) < 4.78 is 1.61. The van der Waals surface area contributed by atoms with Crippen molar-refractivity contribution in [3.8, 4) is 16.8 Å². The summed E-state index contributed by atoms with van der Waals surface area (Å²) >= 11 is 0. The minimum atomic E-state index is -0.233. The summed E-state index contributed by atoms with van der Waals surface area (Å²) in [5.41, 5.74) is 6.27. The Hall–Kier alpha value is -5.69. The number of benzene rings is 3. The summed E-state index contributed by atoms with van der Waals surface area (Å²) in [5, 5.41) is 2.93. The van der Waals surface area contributed by atoms with Crippen molar-refractivity contribution in [3.05, 3.63) is 155 Å². The molecule has 0 radical (unpaired) electrons. The van der Waals surface area contributed by atoms with E-state index in [4.69, 9.17) is 0 Å². The second kappa shape index (κ2) is 11.6. The molecule has 7 heteroatoms. The number of amides is 1. The Morgan fingerprint density at radius 1 is 0.829 bits per heavy atom. The topological polar surface area (TPSA) is 89.8 Å². The first-order valence-corrected chi connectivity index (χ1v) is 13.1. The highest BCUT2D eigenvalue weighted by atomic mass is 16.1. The summed E-state index contributed by atoms with van der Waals surface area (Å²) in [7, 11) is 0. The molecule has 198 valence electrons. The molecule has 0 fully saturated rings. The molecule has 0 unspecified atom stereocenters. The molecule has 0 saturated carbocycles. The first-order valence-electron chi connectivity index (χ1n) is 13.1. The van der Waals surface area contributed by atoms with Crippen LogP contribution in [0.3, 0.4) is 0 Å². The van der Waals surface area contributed by atoms with Crippen molar-refractivity contribution in [1.29, 1.82) is 0 Å². The lowest BCUT2D eigenvalue weighted by molar-refractivity contribution is -0.111. The Morgan fingerprint density at radius 2 is 1.63 bits per heavy atom. The predicted octanol–water partition coefficient (Wildman–Crippen LogP) is 6.09. The number of pyridine rings is 2. The number of anilines is 1. The van der Waals surface area contributed by atoms with Gasteiger partial charge in [-0.05, 0) is 70.8 Å². The Morgan fingerprint density at radius 3 is 2.46 bits per heavy atom. The maximum atomic E-state index is 13.8. The first kappa shape index (κ1) is 25.6. The molecule has 0 saturated heterocycles. The molecule has 0 bridgehead atoms. The van der Waals surface area contributed by atoms with Crippen LogP contribution in [0.2, 0.25) is 0 Å². The third-order valence-corrected chi connectivity index (χ3v) is 6.57. The van der Waals surface area contributed by atoms with Gasteiger partial charge in [-0.1, -0.05) is 60.7 Å². The molecule has 0 aliphatic carbocycles. The van der Waals surface area contributed by atoms with Gasteiger partial charge in [-0.2, -0.15) is 0 Å². The van der Waals surface area contributed by atoms with Gasteiger partial charge in [0.25, 0.3) is 5.56 Å². The summed E-state index contributed by atoms with van der Waals surface area (Å²) in [4.78, 5) is 39.6. The van der Waals surface area contributed by atoms with Crippen LogP contribution in [-0.2, 0) is 11.2 Å². The molecule has 3 heterocycles. The second-order valence-electron chi connectivity index (χ2n) is 9.45. The van der Waals surface area contributed by atoms with E-state index >= 15 is 0 Å². The zero-order valence-electron chi connectivity index (χ0n) is 22.0. The van der Waals surface area contributed by atoms with Crippen LogP contribution in [0.5, 0.6) is 0 Å². The van der Waals surface area contributed by atoms with E-state index in [-0.39, 0.29) is 11.5 Å². The average Bonchev–Trinajstić information content (AvgIpc) is 3.02. The van der Waals surface area contributed by atoms with Crippen LogP contribution in [0, 0.1) is 0 Å². The molecule has 7 nitrogen and oxygen atoms in total. The molecule has 1 N–H and O–H groups in total. The van der Waals surface area contributed by atoms with E-state index in [0.29, 0.717) is 34.7 Å². The fourth-order valence-corrected chi connectivity index (χ4v) is 4.64. The lowest BCUT2D eigenvalue weighted by Gasteiger charge is -2.13. The van der Waals surface area contributed by atoms with Gasteiger partial charge in [0.05, 0.1) is 5.69 Å². The minimum absolute atomic E-state index is 0.221. The molecule has 0 aliphatic heterocycles. The molecule has 41 heavy (non-hydrogen) atoms. The summed E-state index contributed by atoms with van der Waals surface area (Å²) in [5.74, 6) is -0.221. The number of carbonyl (C=O) groups excluding carboxylic acids is 1. The SMILES string of the molecule is O=C(/C=C/c1ccccc1)Nc1cccc(-c2cccc(-n3c(=O)c(Cc4cccnc4)nc4cccnc43)c2)c1. The van der Waals surface area contributed by atoms with E-state index in [0.717, 1.165) is 22.3 Å². The van der Waals surface area contributed by atoms with E-state index < -0.39 is 0 Å². The number of rotatable bonds is 7. The minimum Gasteiger partial charge on any atom is -0.322 e. The van der Waals surface area contributed by atoms with Gasteiger partial charge in [-0.3, -0.25) is 19.1 Å². The van der Waals surface area contributed by atoms with Gasteiger partial charge >= 0.3 is 0 Å². The van der Waals surface area contributed by atoms with Gasteiger partial charge in [-0.15, -0.1) is 0 Å². The third-order valence-electron chi connectivity index (χ3n) is 6.57. The van der Waals surface area contributed by atoms with Crippen LogP contribution in [0.4, 0.5) is 5.69 Å². The molecule has 6 aromatic rings. The van der Waals surface area contributed by atoms with Crippen molar-refractivity contribution in [2.75, 3.05) is 5.32 Å². The third kappa shape index (κ3) is 5.84. The van der Waals surface area contributed by atoms with Gasteiger partial charge < -0.3 is 5.32 Å². The average molecular weight is 536 g/mol. The number of aromatic nitrogens is 4. The summed E-state index contributed by atoms with van der Waals surface area (Å²) in [6.45, 7) is 0. The van der Waals surface area contributed by atoms with E-state index in [1.165, 1.54) is 6.08 Å². The first-order chi connectivity index (χ1) is 20.1. The zero-order valence-corrected chi connectivity index (χ0v) is 22.0. The number of hydrogen-bond donors (Lipinski definition) is 1. The standard InChI is InChI=1S/C34H25N5O2/c40-32(17-16-24-8-2-1-3-9-24)37-28-13-4-11-26(21-28)27-12-5-14-29(22-27)39-33-30(15-7-19-36-33)38-31(34(39)41)20-25-10-6-18-35-23-25/h1-19,21-23H,20H2,(H,37,40)/b17-16+. The maximum absolute atomic E-state index is 13.8. The van der Waals surface area contributed by atoms with E-state index in [2.05, 4.69) is 20.3 Å². The molecule has 1 amide bonds. The van der Waals surface area contributed by atoms with E-state index in [1.807, 2.05) is 103 Å². The van der Waals surface area contributed by atoms with Crippen molar-refractivity contribution in [2.45, 2.75) is 6.42 Å². The van der Waals surface area contributed by atoms with E-state index in [1.54, 1.807) is 29.2 Å². The molecule has 0 atom stereocenters. The Balaban J connectivity index is 1.33. The lowest BCUT2D eigenvalue weighted by atomic mass is 10.0. The summed E-state index contributed by atoms with van der Waals surface area (Å²) in [6.07, 6.45) is 8.74. The van der Waals surface area contributed by atoms with Crippen molar-refractivity contribution < 1.29 is 4.79 Å². The molecule has 3 aromatic heterocycles. The molecule has 0 spiro atoms. The van der Waals surface area contributed by atoms with Gasteiger partial charge in [0, 0.05) is 36.8 Å². The van der Waals surface area contributed by atoms with Crippen LogP contribution < -0.4 is 10.9 Å². The normalized spacial score (nSPS) is 11.1. The highest BCUT2D eigenvalue weighted by Gasteiger charge is 2.15. The fourth-order valence-electron chi connectivity index (χ4n) is 4.64. The van der Waals surface area contributed by atoms with Crippen molar-refractivity contribution in [3.63, 3.8) is 0 Å². The number of nitrogens with zero attached hydrogens (tertiary/aromatic N) is 4. The highest BCUT2D eigenvalue weighted by molar-refractivity contribution is 6.02. The summed E-state index contributed by atoms with van der Waals surface area (Å²) in [6, 6.07) is 32.4. The number of fused-ring (bicyclic) bond motifs is 1. The van der Waals surface area contributed by atoms with Crippen LogP contribution in [0.1, 0.15) is 16.8 Å². The molecular formula is C34H25N5O2. The zero-order chi connectivity index (χ0) is 28.0. The molecular weight excluding hydrogens is 510 g/mol. The van der Waals surface area contributed by atoms with Crippen LogP contribution in [0.15, 0.2) is 133 Å². The highest BCUT2D eigenvalue weighted by Crippen LogP contribution is 2.26. The van der Waals surface area contributed by atoms with Crippen LogP contribution in [0.25, 0.3) is 34.1 Å². The Labute approximate surface area is 236 Å². The van der Waals surface area contributed by atoms with Gasteiger partial charge in [-0.25, -0.2) is 9.97 Å². The fraction of sp³-hybridized carbons (Fsp3) is 0.0294. The van der Waals surface area contributed by atoms with Crippen LogP contribution in [-0.4, -0.2) is 25.4 Å². The maximum Gasteiger partial charge on any atom is 0.278 e. The monoisotopic (exact) mass is 535 g/mol. The quantitative estimate of drug-likeness (QED) is 0.250. The number of nitrogens with one attached hydrogen (secondary N) is 1. The van der Waals surface area contributed by atoms with Crippen molar-refractivity contribution >= 4 is 28.8 Å². The Bertz CT molecular complexity index is 1930. The second-order valence-corrected chi connectivity index (χ2v) is 9.45. The van der Waals surface area contributed by atoms with Gasteiger partial charge in [0.1, 0.15) is 11.2 Å². The smallest absolute Gasteiger partial charge is 0.278 e. The van der Waals surface area contributed by atoms with Crippen LogP contribution >= 0.6 is 0 Å². The van der Waals surface area contributed by atoms with Gasteiger partial charge in [0.2, 0.25) is 5.91 Å². The van der Waals surface area contributed by atoms with Crippen molar-refractivity contribution in [2.24, 2.45) is 0 Å². The molecule has 6 rings (SSSR count). The molecule has 3 aromatic carbocycles. The number of carbonyl (C=O) groups is 1.